The topological polar surface area (TPSA) is 26.3 Å². The molecule has 0 aromatic rings. The van der Waals surface area contributed by atoms with Crippen molar-refractivity contribution in [2.24, 2.45) is 212 Å². The molecule has 21 aliphatic carbocycles. The van der Waals surface area contributed by atoms with Gasteiger partial charge in [0, 0.05) is 5.92 Å². The highest BCUT2D eigenvalue weighted by Gasteiger charge is 2.64. The number of carbonyl (C=O) groups is 1. The Morgan fingerprint density at radius 2 is 0.772 bits per heavy atom. The summed E-state index contributed by atoms with van der Waals surface area (Å²) < 4.78 is 5.38. The SMILES string of the molecule is CC12CC3CC(C1)CC(C)(C3)C2.CC1C2CC3C1OC(=O)C3C2C.CC1C2CC3CC1CC(C)(C3)C2.CC1C2CCC(C2)C1C.CC1C=CC=CC1C.CC1CC2C3CC(C)C(C3)C2C1.CC1CCC(C)CC1.CC1CCCC(C)C1.CC1CCCC2C(C)CCCC12.CC1CCCCC1C. The van der Waals surface area contributed by atoms with Crippen LogP contribution in [-0.2, 0) is 9.53 Å². The summed E-state index contributed by atoms with van der Waals surface area (Å²) in [5.41, 5.74) is 2.31. The lowest BCUT2D eigenvalue weighted by Gasteiger charge is -2.60. The predicted molar refractivity (Wildman–Crippen MR) is 435 cm³/mol. The molecule has 1 saturated heterocycles. The fraction of sp³-hybridized carbons (Fsp3) is 0.949. The van der Waals surface area contributed by atoms with E-state index in [2.05, 4.69) is 163 Å². The van der Waals surface area contributed by atoms with E-state index in [1.165, 1.54) is 147 Å². The summed E-state index contributed by atoms with van der Waals surface area (Å²) in [4.78, 5) is 11.4. The van der Waals surface area contributed by atoms with Gasteiger partial charge in [0.1, 0.15) is 6.10 Å². The Labute approximate surface area is 629 Å². The number of hydrogen-bond donors (Lipinski definition) is 0. The molecule has 1 aliphatic heterocycles. The molecule has 28 atom stereocenters. The molecule has 0 radical (unpaired) electrons. The second-order valence-electron chi connectivity index (χ2n) is 44.9. The molecule has 1 heterocycles. The minimum absolute atomic E-state index is 0.0874. The maximum Gasteiger partial charge on any atom is 0.309 e. The van der Waals surface area contributed by atoms with Gasteiger partial charge >= 0.3 is 5.97 Å². The van der Waals surface area contributed by atoms with E-state index in [-0.39, 0.29) is 18.0 Å². The minimum atomic E-state index is 0.0874. The average molecular weight is 1390 g/mol. The van der Waals surface area contributed by atoms with Gasteiger partial charge in [-0.05, 0) is 341 Å². The van der Waals surface area contributed by atoms with Crippen LogP contribution in [0.25, 0.3) is 0 Å². The number of hydrogen-bond acceptors (Lipinski definition) is 2. The summed E-state index contributed by atoms with van der Waals surface area (Å²) in [7, 11) is 0. The van der Waals surface area contributed by atoms with E-state index in [0.29, 0.717) is 17.8 Å². The molecule has 580 valence electrons. The molecule has 2 heteroatoms. The maximum atomic E-state index is 11.4. The Kier molecular flexibility index (Phi) is 28.3. The number of carbonyl (C=O) groups excluding carboxylic acids is 1. The van der Waals surface area contributed by atoms with Gasteiger partial charge in [-0.1, -0.05) is 259 Å². The van der Waals surface area contributed by atoms with Crippen molar-refractivity contribution >= 4 is 5.97 Å². The van der Waals surface area contributed by atoms with E-state index in [1.54, 1.807) is 96.3 Å². The van der Waals surface area contributed by atoms with E-state index in [4.69, 9.17) is 4.74 Å². The summed E-state index contributed by atoms with van der Waals surface area (Å²) in [5, 5.41) is 0. The number of allylic oxidation sites excluding steroid dienone is 4. The van der Waals surface area contributed by atoms with E-state index >= 15 is 0 Å². The molecule has 0 amide bonds. The van der Waals surface area contributed by atoms with E-state index in [9.17, 15) is 4.79 Å². The van der Waals surface area contributed by atoms with Gasteiger partial charge in [-0.15, -0.1) is 0 Å². The number of esters is 1. The van der Waals surface area contributed by atoms with Gasteiger partial charge in [0.25, 0.3) is 0 Å². The summed E-state index contributed by atoms with van der Waals surface area (Å²) in [5.74, 6) is 32.4. The first-order valence-corrected chi connectivity index (χ1v) is 46.5. The highest BCUT2D eigenvalue weighted by Crippen LogP contribution is 2.66. The van der Waals surface area contributed by atoms with Crippen LogP contribution in [-0.4, -0.2) is 12.1 Å². The molecule has 14 bridgehead atoms. The summed E-state index contributed by atoms with van der Waals surface area (Å²) in [6.45, 7) is 48.1. The summed E-state index contributed by atoms with van der Waals surface area (Å²) >= 11 is 0. The Bertz CT molecular complexity index is 2440. The van der Waals surface area contributed by atoms with Crippen molar-refractivity contribution in [3.05, 3.63) is 24.3 Å². The first kappa shape index (κ1) is 81.0. The lowest BCUT2D eigenvalue weighted by atomic mass is 9.45. The first-order chi connectivity index (χ1) is 47.9. The lowest BCUT2D eigenvalue weighted by Crippen LogP contribution is -2.49. The van der Waals surface area contributed by atoms with Gasteiger partial charge in [0.15, 0.2) is 0 Å². The number of fused-ring (bicyclic) bond motifs is 9. The molecule has 0 spiro atoms. The Hall–Kier alpha value is -1.05. The highest BCUT2D eigenvalue weighted by molar-refractivity contribution is 5.77. The van der Waals surface area contributed by atoms with Gasteiger partial charge in [-0.2, -0.15) is 0 Å². The van der Waals surface area contributed by atoms with E-state index in [1.807, 2.05) is 0 Å². The zero-order chi connectivity index (χ0) is 72.4. The van der Waals surface area contributed by atoms with Crippen LogP contribution in [0, 0.1) is 212 Å². The molecule has 21 fully saturated rings. The zero-order valence-electron chi connectivity index (χ0n) is 70.9. The molecule has 0 N–H and O–H groups in total. The molecular weight excluding hydrogens is 1220 g/mol. The van der Waals surface area contributed by atoms with Crippen molar-refractivity contribution in [2.45, 2.75) is 382 Å². The first-order valence-electron chi connectivity index (χ1n) is 46.5. The number of ether oxygens (including phenoxy) is 1. The van der Waals surface area contributed by atoms with Crippen molar-refractivity contribution in [2.75, 3.05) is 0 Å². The fourth-order valence-electron chi connectivity index (χ4n) is 30.4. The quantitative estimate of drug-likeness (QED) is 0.226. The van der Waals surface area contributed by atoms with Gasteiger partial charge in [-0.25, -0.2) is 0 Å². The minimum Gasteiger partial charge on any atom is -0.462 e. The summed E-state index contributed by atoms with van der Waals surface area (Å²) in [6, 6.07) is 0. The smallest absolute Gasteiger partial charge is 0.309 e. The molecule has 20 saturated carbocycles. The third kappa shape index (κ3) is 20.1. The van der Waals surface area contributed by atoms with Crippen LogP contribution in [0.5, 0.6) is 0 Å². The van der Waals surface area contributed by atoms with E-state index < -0.39 is 0 Å². The van der Waals surface area contributed by atoms with Crippen LogP contribution >= 0.6 is 0 Å². The summed E-state index contributed by atoms with van der Waals surface area (Å²) in [6.07, 6.45) is 65.1. The Morgan fingerprint density at radius 1 is 0.297 bits per heavy atom. The van der Waals surface area contributed by atoms with Crippen LogP contribution in [0.3, 0.4) is 0 Å². The van der Waals surface area contributed by atoms with Gasteiger partial charge in [-0.3, -0.25) is 4.79 Å². The average Bonchev–Trinajstić information content (AvgIpc) is 1.20. The molecule has 28 unspecified atom stereocenters. The van der Waals surface area contributed by atoms with Gasteiger partial charge in [0.05, 0.1) is 5.92 Å². The highest BCUT2D eigenvalue weighted by atomic mass is 16.6. The van der Waals surface area contributed by atoms with Crippen molar-refractivity contribution < 1.29 is 9.53 Å². The molecule has 2 nitrogen and oxygen atoms in total. The van der Waals surface area contributed by atoms with Crippen LogP contribution in [0.4, 0.5) is 0 Å². The second-order valence-corrected chi connectivity index (χ2v) is 44.9. The van der Waals surface area contributed by atoms with Crippen molar-refractivity contribution in [3.8, 4) is 0 Å². The van der Waals surface area contributed by atoms with Crippen LogP contribution in [0.1, 0.15) is 376 Å². The van der Waals surface area contributed by atoms with Crippen molar-refractivity contribution in [1.29, 1.82) is 0 Å². The molecule has 0 aromatic heterocycles. The molecule has 101 heavy (non-hydrogen) atoms. The van der Waals surface area contributed by atoms with E-state index in [0.717, 1.165) is 182 Å². The normalized spacial score (nSPS) is 52.6. The van der Waals surface area contributed by atoms with Crippen LogP contribution < -0.4 is 0 Å². The molecular formula is C99H172O2. The van der Waals surface area contributed by atoms with Crippen molar-refractivity contribution in [1.82, 2.24) is 0 Å². The third-order valence-corrected chi connectivity index (χ3v) is 36.2. The van der Waals surface area contributed by atoms with Gasteiger partial charge < -0.3 is 4.74 Å². The molecule has 0 aromatic carbocycles. The lowest BCUT2D eigenvalue weighted by molar-refractivity contribution is -0.144. The number of rotatable bonds is 0. The standard InChI is InChI=1S/3C12H20.C12H22.C10H14O2.C9H16.3C8H16.C8H12/c1-11-4-9-3-10(5-11)7-12(2,6-9)8-11;1-8-10-3-9-4-11(8)7-12(2,5-9)6-10;1-7-3-11-9-5-8(2)10(6-9)12(11)4-7;1-9-5-3-8-12-10(2)6-4-7-11(9)12;1-4-6-3-7-8(4)10(11)12-9(7)5(6)2;1-6-7(2)9-4-3-8(6)5-9;1-7-3-5-8(2)6-4-7;1-7-4-3-5-8(2)6-7;2*1-7-5-3-4-6-8(7)2/h9-10H,3-8H2,1-2H3;8-11H,3-7H2,1-2H3;7-12H,3-6H2,1-2H3;9-12H,3-8H2,1-2H3;4-9H,3H2,1-2H3;6-9H,3-5H2,1-2H3;3*7-8H,3-6H2,1-2H3;3-8H,1-2H3. The van der Waals surface area contributed by atoms with Crippen molar-refractivity contribution in [3.63, 3.8) is 0 Å². The zero-order valence-corrected chi connectivity index (χ0v) is 70.9. The Morgan fingerprint density at radius 3 is 1.20 bits per heavy atom. The second kappa shape index (κ2) is 35.3. The monoisotopic (exact) mass is 1390 g/mol. The fourth-order valence-corrected chi connectivity index (χ4v) is 30.4. The molecule has 22 rings (SSSR count). The third-order valence-electron chi connectivity index (χ3n) is 36.2. The molecule has 22 aliphatic rings. The van der Waals surface area contributed by atoms with Gasteiger partial charge in [0.2, 0.25) is 0 Å². The largest absolute Gasteiger partial charge is 0.462 e. The Balaban J connectivity index is 0.000000114. The predicted octanol–water partition coefficient (Wildman–Crippen LogP) is 29.3. The van der Waals surface area contributed by atoms with Crippen LogP contribution in [0.15, 0.2) is 24.3 Å². The van der Waals surface area contributed by atoms with Crippen LogP contribution in [0.2, 0.25) is 0 Å². The maximum absolute atomic E-state index is 11.4.